The van der Waals surface area contributed by atoms with E-state index in [-0.39, 0.29) is 6.16 Å². The molecule has 0 fully saturated rings. The molecule has 6 heteroatoms. The second-order valence-electron chi connectivity index (χ2n) is 4.89. The van der Waals surface area contributed by atoms with Crippen LogP contribution in [0.2, 0.25) is 0 Å². The van der Waals surface area contributed by atoms with Crippen LogP contribution in [0.4, 0.5) is 0 Å². The average molecular weight is 322 g/mol. The molecule has 0 radical (unpaired) electrons. The van der Waals surface area contributed by atoms with Gasteiger partial charge in [-0.05, 0) is 28.8 Å². The molecule has 0 aliphatic rings. The highest BCUT2D eigenvalue weighted by molar-refractivity contribution is 7.50. The lowest BCUT2D eigenvalue weighted by Crippen LogP contribution is -2.03. The Morgan fingerprint density at radius 3 is 1.95 bits per heavy atom. The number of hydrogen-bond acceptors (Lipinski definition) is 3. The molecule has 0 aliphatic carbocycles. The van der Waals surface area contributed by atoms with Crippen LogP contribution in [-0.2, 0) is 15.5 Å². The molecule has 5 nitrogen and oxygen atoms in total. The summed E-state index contributed by atoms with van der Waals surface area (Å²) in [5, 5.41) is 0. The van der Waals surface area contributed by atoms with Crippen molar-refractivity contribution in [2.24, 2.45) is 0 Å². The summed E-state index contributed by atoms with van der Waals surface area (Å²) < 4.78 is 21.4. The zero-order valence-electron chi connectivity index (χ0n) is 12.3. The van der Waals surface area contributed by atoms with Crippen molar-refractivity contribution in [2.45, 2.75) is 6.16 Å². The highest BCUT2D eigenvalue weighted by atomic mass is 31.2. The average Bonchev–Trinajstić information content (AvgIpc) is 2.48. The third-order valence-corrected chi connectivity index (χ3v) is 3.86. The predicted molar refractivity (Wildman–Crippen MR) is 85.0 cm³/mol. The standard InChI is InChI=1S/C16H19O5P/c1-20-10-11-21-16-8-6-15(7-9-16)14-4-2-13(3-5-14)12-22(17,18)19/h2-9H,10-12H2,1H3,(H2,17,18,19). The summed E-state index contributed by atoms with van der Waals surface area (Å²) in [4.78, 5) is 17.9. The molecule has 0 unspecified atom stereocenters. The zero-order chi connectivity index (χ0) is 16.0. The molecule has 0 saturated heterocycles. The summed E-state index contributed by atoms with van der Waals surface area (Å²) in [5.41, 5.74) is 2.62. The smallest absolute Gasteiger partial charge is 0.329 e. The van der Waals surface area contributed by atoms with E-state index in [1.807, 2.05) is 36.4 Å². The molecule has 2 aromatic carbocycles. The minimum absolute atomic E-state index is 0.237. The highest BCUT2D eigenvalue weighted by Gasteiger charge is 2.13. The number of rotatable bonds is 7. The Morgan fingerprint density at radius 1 is 0.909 bits per heavy atom. The summed E-state index contributed by atoms with van der Waals surface area (Å²) in [5.74, 6) is 0.777. The molecule has 0 aliphatic heterocycles. The second kappa shape index (κ2) is 7.56. The summed E-state index contributed by atoms with van der Waals surface area (Å²) >= 11 is 0. The first-order chi connectivity index (χ1) is 10.5. The first-order valence-electron chi connectivity index (χ1n) is 6.83. The molecule has 22 heavy (non-hydrogen) atoms. The molecular weight excluding hydrogens is 303 g/mol. The first-order valence-corrected chi connectivity index (χ1v) is 8.63. The molecule has 0 aromatic heterocycles. The SMILES string of the molecule is COCCOc1ccc(-c2ccc(CP(=O)(O)O)cc2)cc1. The predicted octanol–water partition coefficient (Wildman–Crippen LogP) is 3.06. The van der Waals surface area contributed by atoms with Gasteiger partial charge in [0.15, 0.2) is 0 Å². The molecule has 0 atom stereocenters. The number of ether oxygens (including phenoxy) is 2. The third-order valence-electron chi connectivity index (χ3n) is 3.09. The maximum Gasteiger partial charge on any atom is 0.329 e. The van der Waals surface area contributed by atoms with E-state index in [0.29, 0.717) is 18.8 Å². The Kier molecular flexibility index (Phi) is 5.75. The van der Waals surface area contributed by atoms with Crippen molar-refractivity contribution in [1.29, 1.82) is 0 Å². The normalized spacial score (nSPS) is 11.4. The third kappa shape index (κ3) is 5.28. The number of methoxy groups -OCH3 is 1. The van der Waals surface area contributed by atoms with Crippen molar-refractivity contribution in [1.82, 2.24) is 0 Å². The fourth-order valence-electron chi connectivity index (χ4n) is 2.03. The fourth-order valence-corrected chi connectivity index (χ4v) is 2.71. The molecule has 0 bridgehead atoms. The number of benzene rings is 2. The van der Waals surface area contributed by atoms with E-state index >= 15 is 0 Å². The monoisotopic (exact) mass is 322 g/mol. The first kappa shape index (κ1) is 16.7. The molecule has 118 valence electrons. The van der Waals surface area contributed by atoms with Gasteiger partial charge in [-0.25, -0.2) is 0 Å². The van der Waals surface area contributed by atoms with Crippen LogP contribution in [0.25, 0.3) is 11.1 Å². The fraction of sp³-hybridized carbons (Fsp3) is 0.250. The topological polar surface area (TPSA) is 76.0 Å². The summed E-state index contributed by atoms with van der Waals surface area (Å²) in [6.45, 7) is 1.05. The molecule has 0 saturated carbocycles. The van der Waals surface area contributed by atoms with E-state index in [1.54, 1.807) is 19.2 Å². The quantitative estimate of drug-likeness (QED) is 0.605. The van der Waals surface area contributed by atoms with Gasteiger partial charge in [-0.2, -0.15) is 0 Å². The van der Waals surface area contributed by atoms with Crippen molar-refractivity contribution in [3.8, 4) is 16.9 Å². The van der Waals surface area contributed by atoms with Gasteiger partial charge in [0.1, 0.15) is 12.4 Å². The summed E-state index contributed by atoms with van der Waals surface area (Å²) in [7, 11) is -2.39. The molecule has 0 heterocycles. The van der Waals surface area contributed by atoms with Crippen molar-refractivity contribution < 1.29 is 23.8 Å². The summed E-state index contributed by atoms with van der Waals surface area (Å²) in [6, 6.07) is 14.8. The van der Waals surface area contributed by atoms with Gasteiger partial charge in [0.2, 0.25) is 0 Å². The van der Waals surface area contributed by atoms with E-state index in [4.69, 9.17) is 19.3 Å². The van der Waals surface area contributed by atoms with Crippen molar-refractivity contribution in [3.05, 3.63) is 54.1 Å². The second-order valence-corrected chi connectivity index (χ2v) is 6.53. The minimum atomic E-state index is -4.02. The maximum atomic E-state index is 11.0. The molecule has 2 rings (SSSR count). The van der Waals surface area contributed by atoms with Crippen LogP contribution < -0.4 is 4.74 Å². The van der Waals surface area contributed by atoms with Gasteiger partial charge in [-0.15, -0.1) is 0 Å². The van der Waals surface area contributed by atoms with Crippen LogP contribution in [0.15, 0.2) is 48.5 Å². The van der Waals surface area contributed by atoms with Crippen LogP contribution >= 0.6 is 7.60 Å². The van der Waals surface area contributed by atoms with Crippen LogP contribution in [0, 0.1) is 0 Å². The van der Waals surface area contributed by atoms with E-state index in [2.05, 4.69) is 0 Å². The van der Waals surface area contributed by atoms with Gasteiger partial charge in [0, 0.05) is 7.11 Å². The van der Waals surface area contributed by atoms with Gasteiger partial charge < -0.3 is 19.3 Å². The lowest BCUT2D eigenvalue weighted by Gasteiger charge is -2.08. The Hall–Kier alpha value is -1.65. The van der Waals surface area contributed by atoms with Crippen molar-refractivity contribution in [3.63, 3.8) is 0 Å². The Balaban J connectivity index is 2.03. The van der Waals surface area contributed by atoms with Crippen molar-refractivity contribution >= 4 is 7.60 Å². The van der Waals surface area contributed by atoms with Crippen LogP contribution in [0.1, 0.15) is 5.56 Å². The van der Waals surface area contributed by atoms with Crippen LogP contribution in [0.5, 0.6) is 5.75 Å². The van der Waals surface area contributed by atoms with E-state index in [1.165, 1.54) is 0 Å². The zero-order valence-corrected chi connectivity index (χ0v) is 13.2. The van der Waals surface area contributed by atoms with Gasteiger partial charge >= 0.3 is 7.60 Å². The van der Waals surface area contributed by atoms with Crippen LogP contribution in [-0.4, -0.2) is 30.1 Å². The molecule has 2 aromatic rings. The Labute approximate surface area is 129 Å². The molecular formula is C16H19O5P. The van der Waals surface area contributed by atoms with E-state index < -0.39 is 7.60 Å². The lowest BCUT2D eigenvalue weighted by molar-refractivity contribution is 0.146. The van der Waals surface area contributed by atoms with E-state index in [9.17, 15) is 4.57 Å². The minimum Gasteiger partial charge on any atom is -0.491 e. The van der Waals surface area contributed by atoms with Crippen LogP contribution in [0.3, 0.4) is 0 Å². The summed E-state index contributed by atoms with van der Waals surface area (Å²) in [6.07, 6.45) is -0.237. The molecule has 2 N–H and O–H groups in total. The Bertz CT molecular complexity index is 631. The van der Waals surface area contributed by atoms with Crippen molar-refractivity contribution in [2.75, 3.05) is 20.3 Å². The van der Waals surface area contributed by atoms with Gasteiger partial charge in [0.25, 0.3) is 0 Å². The van der Waals surface area contributed by atoms with Gasteiger partial charge in [-0.3, -0.25) is 4.57 Å². The Morgan fingerprint density at radius 2 is 1.45 bits per heavy atom. The largest absolute Gasteiger partial charge is 0.491 e. The maximum absolute atomic E-state index is 11.0. The molecule has 0 amide bonds. The van der Waals surface area contributed by atoms with Gasteiger partial charge in [0.05, 0.1) is 12.8 Å². The molecule has 0 spiro atoms. The lowest BCUT2D eigenvalue weighted by atomic mass is 10.0. The number of hydrogen-bond donors (Lipinski definition) is 2. The van der Waals surface area contributed by atoms with Gasteiger partial charge in [-0.1, -0.05) is 36.4 Å². The highest BCUT2D eigenvalue weighted by Crippen LogP contribution is 2.39. The van der Waals surface area contributed by atoms with E-state index in [0.717, 1.165) is 16.9 Å².